The van der Waals surface area contributed by atoms with Crippen LogP contribution in [-0.4, -0.2) is 16.6 Å². The minimum atomic E-state index is -4.68. The van der Waals surface area contributed by atoms with Crippen molar-refractivity contribution in [2.75, 3.05) is 0 Å². The second-order valence-corrected chi connectivity index (χ2v) is 3.63. The van der Waals surface area contributed by atoms with E-state index in [1.807, 2.05) is 0 Å². The molecule has 0 atom stereocenters. The number of alkyl halides is 3. The van der Waals surface area contributed by atoms with Gasteiger partial charge in [-0.25, -0.2) is 0 Å². The zero-order valence-electron chi connectivity index (χ0n) is 9.40. The maximum atomic E-state index is 12.0. The molecule has 0 aliphatic carbocycles. The summed E-state index contributed by atoms with van der Waals surface area (Å²) < 4.78 is 39.7. The molecule has 0 unspecified atom stereocenters. The molecule has 0 N–H and O–H groups in total. The van der Waals surface area contributed by atoms with Crippen molar-refractivity contribution in [1.29, 1.82) is 0 Å². The van der Waals surface area contributed by atoms with E-state index >= 15 is 0 Å². The average molecular weight is 254 g/mol. The fraction of sp³-hybridized carbons (Fsp3) is 0.167. The number of nitrogens with zero attached hydrogens (tertiary/aromatic N) is 2. The molecule has 0 saturated carbocycles. The van der Waals surface area contributed by atoms with Crippen molar-refractivity contribution in [2.24, 2.45) is 0 Å². The average Bonchev–Trinajstić information content (AvgIpc) is 2.29. The predicted octanol–water partition coefficient (Wildman–Crippen LogP) is 3.35. The van der Waals surface area contributed by atoms with Crippen LogP contribution in [0.4, 0.5) is 13.2 Å². The Morgan fingerprint density at radius 3 is 2.11 bits per heavy atom. The first kappa shape index (κ1) is 12.3. The maximum Gasteiger partial charge on any atom is 0.573 e. The van der Waals surface area contributed by atoms with Crippen LogP contribution in [0.15, 0.2) is 36.4 Å². The van der Waals surface area contributed by atoms with Gasteiger partial charge < -0.3 is 4.74 Å². The van der Waals surface area contributed by atoms with Gasteiger partial charge in [0, 0.05) is 5.56 Å². The molecule has 0 amide bonds. The van der Waals surface area contributed by atoms with E-state index in [0.717, 1.165) is 5.69 Å². The standard InChI is InChI=1S/C12H9F3N2O/c1-8-2-7-11(17-16-8)9-3-5-10(6-4-9)18-12(13,14)15/h2-7H,1H3. The van der Waals surface area contributed by atoms with Gasteiger partial charge in [0.2, 0.25) is 0 Å². The molecule has 94 valence electrons. The molecule has 0 saturated heterocycles. The Morgan fingerprint density at radius 2 is 1.61 bits per heavy atom. The van der Waals surface area contributed by atoms with E-state index in [0.29, 0.717) is 11.3 Å². The number of hydrogen-bond donors (Lipinski definition) is 0. The number of halogens is 3. The number of benzene rings is 1. The number of aryl methyl sites for hydroxylation is 1. The first-order valence-corrected chi connectivity index (χ1v) is 5.10. The highest BCUT2D eigenvalue weighted by Gasteiger charge is 2.30. The summed E-state index contributed by atoms with van der Waals surface area (Å²) >= 11 is 0. The fourth-order valence-electron chi connectivity index (χ4n) is 1.38. The lowest BCUT2D eigenvalue weighted by molar-refractivity contribution is -0.274. The molecular weight excluding hydrogens is 245 g/mol. The molecule has 0 bridgehead atoms. The van der Waals surface area contributed by atoms with Gasteiger partial charge in [-0.3, -0.25) is 0 Å². The molecular formula is C12H9F3N2O. The van der Waals surface area contributed by atoms with Gasteiger partial charge in [0.25, 0.3) is 0 Å². The Hall–Kier alpha value is -2.11. The molecule has 6 heteroatoms. The molecule has 18 heavy (non-hydrogen) atoms. The van der Waals surface area contributed by atoms with Crippen molar-refractivity contribution in [1.82, 2.24) is 10.2 Å². The first-order valence-electron chi connectivity index (χ1n) is 5.10. The summed E-state index contributed by atoms with van der Waals surface area (Å²) in [5, 5.41) is 7.82. The van der Waals surface area contributed by atoms with Gasteiger partial charge in [-0.2, -0.15) is 10.2 Å². The first-order chi connectivity index (χ1) is 8.44. The molecule has 0 radical (unpaired) electrons. The van der Waals surface area contributed by atoms with Gasteiger partial charge >= 0.3 is 6.36 Å². The van der Waals surface area contributed by atoms with Gasteiger partial charge in [-0.1, -0.05) is 0 Å². The Labute approximate surface area is 101 Å². The lowest BCUT2D eigenvalue weighted by Crippen LogP contribution is -2.16. The zero-order chi connectivity index (χ0) is 13.2. The summed E-state index contributed by atoms with van der Waals surface area (Å²) in [4.78, 5) is 0. The van der Waals surface area contributed by atoms with Gasteiger partial charge in [0.05, 0.1) is 11.4 Å². The highest BCUT2D eigenvalue weighted by atomic mass is 19.4. The summed E-state index contributed by atoms with van der Waals surface area (Å²) in [5.41, 5.74) is 2.05. The lowest BCUT2D eigenvalue weighted by atomic mass is 10.1. The van der Waals surface area contributed by atoms with Crippen LogP contribution in [0.5, 0.6) is 5.75 Å². The van der Waals surface area contributed by atoms with Crippen molar-refractivity contribution < 1.29 is 17.9 Å². The van der Waals surface area contributed by atoms with Crippen LogP contribution in [0.25, 0.3) is 11.3 Å². The monoisotopic (exact) mass is 254 g/mol. The number of rotatable bonds is 2. The van der Waals surface area contributed by atoms with Gasteiger partial charge in [0.1, 0.15) is 5.75 Å². The summed E-state index contributed by atoms with van der Waals surface area (Å²) in [6.07, 6.45) is -4.68. The Bertz CT molecular complexity index is 521. The van der Waals surface area contributed by atoms with Crippen molar-refractivity contribution in [2.45, 2.75) is 13.3 Å². The summed E-state index contributed by atoms with van der Waals surface area (Å²) in [7, 11) is 0. The quantitative estimate of drug-likeness (QED) is 0.824. The highest BCUT2D eigenvalue weighted by molar-refractivity contribution is 5.59. The zero-order valence-corrected chi connectivity index (χ0v) is 9.40. The molecule has 2 rings (SSSR count). The van der Waals surface area contributed by atoms with E-state index in [1.54, 1.807) is 19.1 Å². The fourth-order valence-corrected chi connectivity index (χ4v) is 1.38. The van der Waals surface area contributed by atoms with Crippen molar-refractivity contribution >= 4 is 0 Å². The van der Waals surface area contributed by atoms with E-state index in [4.69, 9.17) is 0 Å². The number of hydrogen-bond acceptors (Lipinski definition) is 3. The molecule has 2 aromatic rings. The largest absolute Gasteiger partial charge is 0.573 e. The highest BCUT2D eigenvalue weighted by Crippen LogP contribution is 2.25. The van der Waals surface area contributed by atoms with Crippen LogP contribution in [0.2, 0.25) is 0 Å². The molecule has 1 aromatic heterocycles. The van der Waals surface area contributed by atoms with Crippen LogP contribution < -0.4 is 4.74 Å². The van der Waals surface area contributed by atoms with Crippen LogP contribution >= 0.6 is 0 Å². The molecule has 0 aliphatic rings. The minimum absolute atomic E-state index is 0.258. The van der Waals surface area contributed by atoms with Gasteiger partial charge in [0.15, 0.2) is 0 Å². The second kappa shape index (κ2) is 4.64. The molecule has 0 fully saturated rings. The lowest BCUT2D eigenvalue weighted by Gasteiger charge is -2.08. The molecule has 1 aromatic carbocycles. The van der Waals surface area contributed by atoms with E-state index in [2.05, 4.69) is 14.9 Å². The number of ether oxygens (including phenoxy) is 1. The van der Waals surface area contributed by atoms with Crippen LogP contribution in [-0.2, 0) is 0 Å². The molecule has 3 nitrogen and oxygen atoms in total. The summed E-state index contributed by atoms with van der Waals surface area (Å²) in [5.74, 6) is -0.258. The topological polar surface area (TPSA) is 35.0 Å². The summed E-state index contributed by atoms with van der Waals surface area (Å²) in [6, 6.07) is 9.01. The number of aromatic nitrogens is 2. The van der Waals surface area contributed by atoms with Gasteiger partial charge in [-0.05, 0) is 43.3 Å². The molecule has 0 spiro atoms. The third-order valence-electron chi connectivity index (χ3n) is 2.18. The second-order valence-electron chi connectivity index (χ2n) is 3.63. The Kier molecular flexibility index (Phi) is 3.18. The van der Waals surface area contributed by atoms with Crippen molar-refractivity contribution in [3.63, 3.8) is 0 Å². The predicted molar refractivity (Wildman–Crippen MR) is 58.9 cm³/mol. The Balaban J connectivity index is 2.20. The normalized spacial score (nSPS) is 11.3. The minimum Gasteiger partial charge on any atom is -0.406 e. The van der Waals surface area contributed by atoms with Crippen LogP contribution in [0, 0.1) is 6.92 Å². The summed E-state index contributed by atoms with van der Waals surface area (Å²) in [6.45, 7) is 1.80. The maximum absolute atomic E-state index is 12.0. The van der Waals surface area contributed by atoms with E-state index < -0.39 is 6.36 Å². The van der Waals surface area contributed by atoms with E-state index in [9.17, 15) is 13.2 Å². The smallest absolute Gasteiger partial charge is 0.406 e. The van der Waals surface area contributed by atoms with Crippen molar-refractivity contribution in [3.05, 3.63) is 42.1 Å². The third kappa shape index (κ3) is 3.19. The SMILES string of the molecule is Cc1ccc(-c2ccc(OC(F)(F)F)cc2)nn1. The van der Waals surface area contributed by atoms with Crippen LogP contribution in [0.1, 0.15) is 5.69 Å². The van der Waals surface area contributed by atoms with E-state index in [-0.39, 0.29) is 5.75 Å². The van der Waals surface area contributed by atoms with E-state index in [1.165, 1.54) is 24.3 Å². The third-order valence-corrected chi connectivity index (χ3v) is 2.18. The molecule has 1 heterocycles. The van der Waals surface area contributed by atoms with Crippen molar-refractivity contribution in [3.8, 4) is 17.0 Å². The van der Waals surface area contributed by atoms with Gasteiger partial charge in [-0.15, -0.1) is 13.2 Å². The molecule has 0 aliphatic heterocycles. The van der Waals surface area contributed by atoms with Crippen LogP contribution in [0.3, 0.4) is 0 Å². The Morgan fingerprint density at radius 1 is 0.944 bits per heavy atom.